The van der Waals surface area contributed by atoms with Crippen molar-refractivity contribution in [3.8, 4) is 5.69 Å². The average Bonchev–Trinajstić information content (AvgIpc) is 2.77. The summed E-state index contributed by atoms with van der Waals surface area (Å²) in [4.78, 5) is 4.56. The number of benzene rings is 2. The highest BCUT2D eigenvalue weighted by Gasteiger charge is 2.15. The van der Waals surface area contributed by atoms with E-state index in [4.69, 9.17) is 11.6 Å². The molecule has 2 aromatic carbocycles. The Morgan fingerprint density at radius 1 is 1.10 bits per heavy atom. The number of nitrogens with zero attached hydrogens (tertiary/aromatic N) is 2. The maximum absolute atomic E-state index is 14.3. The number of alkyl halides is 1. The van der Waals surface area contributed by atoms with Crippen LogP contribution in [0.1, 0.15) is 5.82 Å². The number of imidazole rings is 1. The maximum Gasteiger partial charge on any atom is 0.148 e. The van der Waals surface area contributed by atoms with Crippen molar-refractivity contribution in [2.75, 3.05) is 5.88 Å². The molecule has 0 aliphatic rings. The van der Waals surface area contributed by atoms with Gasteiger partial charge in [0.15, 0.2) is 0 Å². The molecule has 21 heavy (non-hydrogen) atoms. The number of hydrogen-bond donors (Lipinski definition) is 0. The molecule has 0 aliphatic heterocycles. The van der Waals surface area contributed by atoms with E-state index in [2.05, 4.69) is 36.8 Å². The van der Waals surface area contributed by atoms with Gasteiger partial charge in [0.05, 0.1) is 16.7 Å². The molecule has 1 aromatic heterocycles. The Balaban J connectivity index is 2.32. The van der Waals surface area contributed by atoms with Crippen LogP contribution < -0.4 is 0 Å². The van der Waals surface area contributed by atoms with E-state index in [0.29, 0.717) is 22.5 Å². The molecule has 0 fully saturated rings. The number of halogens is 4. The van der Waals surface area contributed by atoms with Gasteiger partial charge in [0, 0.05) is 21.2 Å². The second-order valence-electron chi connectivity index (χ2n) is 4.53. The smallest absolute Gasteiger partial charge is 0.148 e. The summed E-state index contributed by atoms with van der Waals surface area (Å²) in [6, 6.07) is 10.8. The fourth-order valence-electron chi connectivity index (χ4n) is 2.28. The quantitative estimate of drug-likeness (QED) is 0.502. The summed E-state index contributed by atoms with van der Waals surface area (Å²) >= 11 is 12.6. The fraction of sp³-hybridized carbons (Fsp3) is 0.133. The third-order valence-electron chi connectivity index (χ3n) is 3.15. The second kappa shape index (κ2) is 6.07. The van der Waals surface area contributed by atoms with Crippen LogP contribution in [0.15, 0.2) is 45.3 Å². The molecule has 3 aromatic rings. The molecule has 0 bridgehead atoms. The van der Waals surface area contributed by atoms with Gasteiger partial charge in [-0.15, -0.1) is 11.6 Å². The van der Waals surface area contributed by atoms with Crippen LogP contribution in [0.25, 0.3) is 16.7 Å². The SMILES string of the molecule is Fc1cc(Br)ccc1-n1c(CCCl)nc2ccc(Br)cc21. The maximum atomic E-state index is 14.3. The largest absolute Gasteiger partial charge is 0.293 e. The van der Waals surface area contributed by atoms with Crippen molar-refractivity contribution in [1.29, 1.82) is 0 Å². The molecule has 0 radical (unpaired) electrons. The summed E-state index contributed by atoms with van der Waals surface area (Å²) in [5.41, 5.74) is 2.14. The molecule has 0 spiro atoms. The molecular formula is C15H10Br2ClFN2. The highest BCUT2D eigenvalue weighted by Crippen LogP contribution is 2.27. The fourth-order valence-corrected chi connectivity index (χ4v) is 3.13. The van der Waals surface area contributed by atoms with Crippen LogP contribution in [0.3, 0.4) is 0 Å². The lowest BCUT2D eigenvalue weighted by Gasteiger charge is -2.10. The molecule has 0 saturated heterocycles. The van der Waals surface area contributed by atoms with Crippen molar-refractivity contribution in [3.05, 3.63) is 57.0 Å². The van der Waals surface area contributed by atoms with Crippen molar-refractivity contribution < 1.29 is 4.39 Å². The Kier molecular flexibility index (Phi) is 4.33. The molecular weight excluding hydrogens is 422 g/mol. The zero-order chi connectivity index (χ0) is 15.0. The van der Waals surface area contributed by atoms with Crippen LogP contribution in [0.2, 0.25) is 0 Å². The number of hydrogen-bond acceptors (Lipinski definition) is 1. The van der Waals surface area contributed by atoms with Crippen LogP contribution in [-0.2, 0) is 6.42 Å². The second-order valence-corrected chi connectivity index (χ2v) is 6.74. The van der Waals surface area contributed by atoms with Gasteiger partial charge in [-0.3, -0.25) is 4.57 Å². The lowest BCUT2D eigenvalue weighted by Crippen LogP contribution is -2.04. The van der Waals surface area contributed by atoms with Crippen LogP contribution in [-0.4, -0.2) is 15.4 Å². The van der Waals surface area contributed by atoms with Crippen LogP contribution in [0.5, 0.6) is 0 Å². The third kappa shape index (κ3) is 2.87. The normalized spacial score (nSPS) is 11.2. The lowest BCUT2D eigenvalue weighted by atomic mass is 10.2. The molecule has 108 valence electrons. The van der Waals surface area contributed by atoms with Crippen LogP contribution in [0.4, 0.5) is 4.39 Å². The molecule has 0 aliphatic carbocycles. The molecule has 1 heterocycles. The van der Waals surface area contributed by atoms with Gasteiger partial charge in [-0.2, -0.15) is 0 Å². The zero-order valence-electron chi connectivity index (χ0n) is 10.8. The monoisotopic (exact) mass is 430 g/mol. The van der Waals surface area contributed by atoms with Gasteiger partial charge in [0.25, 0.3) is 0 Å². The zero-order valence-corrected chi connectivity index (χ0v) is 14.7. The Morgan fingerprint density at radius 2 is 1.81 bits per heavy atom. The summed E-state index contributed by atoms with van der Waals surface area (Å²) in [7, 11) is 0. The van der Waals surface area contributed by atoms with E-state index < -0.39 is 0 Å². The van der Waals surface area contributed by atoms with Gasteiger partial charge >= 0.3 is 0 Å². The average molecular weight is 433 g/mol. The van der Waals surface area contributed by atoms with Crippen molar-refractivity contribution in [1.82, 2.24) is 9.55 Å². The van der Waals surface area contributed by atoms with Crippen molar-refractivity contribution in [2.45, 2.75) is 6.42 Å². The Morgan fingerprint density at radius 3 is 2.52 bits per heavy atom. The van der Waals surface area contributed by atoms with E-state index in [0.717, 1.165) is 21.3 Å². The Hall–Kier alpha value is -0.910. The number of rotatable bonds is 3. The summed E-state index contributed by atoms with van der Waals surface area (Å²) < 4.78 is 17.8. The van der Waals surface area contributed by atoms with E-state index in [-0.39, 0.29) is 5.82 Å². The van der Waals surface area contributed by atoms with E-state index in [1.165, 1.54) is 6.07 Å². The minimum Gasteiger partial charge on any atom is -0.293 e. The topological polar surface area (TPSA) is 17.8 Å². The highest BCUT2D eigenvalue weighted by molar-refractivity contribution is 9.10. The van der Waals surface area contributed by atoms with Gasteiger partial charge in [-0.1, -0.05) is 31.9 Å². The molecule has 0 amide bonds. The van der Waals surface area contributed by atoms with Gasteiger partial charge in [0.1, 0.15) is 11.6 Å². The number of aromatic nitrogens is 2. The minimum atomic E-state index is -0.306. The van der Waals surface area contributed by atoms with Crippen molar-refractivity contribution >= 4 is 54.5 Å². The first-order valence-electron chi connectivity index (χ1n) is 6.28. The number of aryl methyl sites for hydroxylation is 1. The van der Waals surface area contributed by atoms with Crippen molar-refractivity contribution in [2.24, 2.45) is 0 Å². The summed E-state index contributed by atoms with van der Waals surface area (Å²) in [5, 5.41) is 0. The predicted octanol–water partition coefficient (Wildman–Crippen LogP) is 5.47. The molecule has 0 atom stereocenters. The lowest BCUT2D eigenvalue weighted by molar-refractivity contribution is 0.616. The van der Waals surface area contributed by atoms with Gasteiger partial charge in [-0.05, 0) is 36.4 Å². The first-order valence-corrected chi connectivity index (χ1v) is 8.40. The van der Waals surface area contributed by atoms with E-state index in [1.807, 2.05) is 28.8 Å². The van der Waals surface area contributed by atoms with Gasteiger partial charge in [0.2, 0.25) is 0 Å². The van der Waals surface area contributed by atoms with Crippen LogP contribution >= 0.6 is 43.5 Å². The Bertz CT molecular complexity index is 817. The standard InChI is InChI=1S/C15H10Br2ClFN2/c16-9-2-4-13(11(19)7-9)21-14-8-10(17)1-3-12(14)20-15(21)5-6-18/h1-4,7-8H,5-6H2. The minimum absolute atomic E-state index is 0.306. The molecule has 3 rings (SSSR count). The molecule has 6 heteroatoms. The van der Waals surface area contributed by atoms with Crippen molar-refractivity contribution in [3.63, 3.8) is 0 Å². The highest BCUT2D eigenvalue weighted by atomic mass is 79.9. The van der Waals surface area contributed by atoms with E-state index in [1.54, 1.807) is 6.07 Å². The molecule has 0 unspecified atom stereocenters. The predicted molar refractivity (Wildman–Crippen MR) is 90.9 cm³/mol. The summed E-state index contributed by atoms with van der Waals surface area (Å²) in [5.74, 6) is 0.877. The first kappa shape index (κ1) is 15.0. The Labute approximate surface area is 143 Å². The van der Waals surface area contributed by atoms with E-state index >= 15 is 0 Å². The molecule has 0 saturated carbocycles. The molecule has 2 nitrogen and oxygen atoms in total. The van der Waals surface area contributed by atoms with E-state index in [9.17, 15) is 4.39 Å². The molecule has 0 N–H and O–H groups in total. The summed E-state index contributed by atoms with van der Waals surface area (Å²) in [6.45, 7) is 0. The summed E-state index contributed by atoms with van der Waals surface area (Å²) in [6.07, 6.45) is 0.573. The van der Waals surface area contributed by atoms with Crippen LogP contribution in [0, 0.1) is 5.82 Å². The van der Waals surface area contributed by atoms with Gasteiger partial charge in [-0.25, -0.2) is 9.37 Å². The number of fused-ring (bicyclic) bond motifs is 1. The van der Waals surface area contributed by atoms with Gasteiger partial charge < -0.3 is 0 Å². The first-order chi connectivity index (χ1) is 10.1. The third-order valence-corrected chi connectivity index (χ3v) is 4.33.